The van der Waals surface area contributed by atoms with Crippen LogP contribution in [0.5, 0.6) is 0 Å². The van der Waals surface area contributed by atoms with E-state index in [2.05, 4.69) is 34.5 Å². The first-order valence-corrected chi connectivity index (χ1v) is 10.9. The summed E-state index contributed by atoms with van der Waals surface area (Å²) >= 11 is 0. The van der Waals surface area contributed by atoms with E-state index >= 15 is 0 Å². The topological polar surface area (TPSA) is 80.5 Å². The van der Waals surface area contributed by atoms with Crippen molar-refractivity contribution in [1.82, 2.24) is 20.4 Å². The van der Waals surface area contributed by atoms with Gasteiger partial charge in [0.1, 0.15) is 5.60 Å². The van der Waals surface area contributed by atoms with Crippen LogP contribution in [0.3, 0.4) is 0 Å². The molecule has 1 amide bonds. The van der Waals surface area contributed by atoms with Gasteiger partial charge < -0.3 is 19.5 Å². The van der Waals surface area contributed by atoms with Crippen molar-refractivity contribution in [2.24, 2.45) is 5.92 Å². The van der Waals surface area contributed by atoms with Crippen LogP contribution in [0.4, 0.5) is 4.79 Å². The number of aromatic nitrogens is 2. The van der Waals surface area contributed by atoms with Gasteiger partial charge in [0.05, 0.1) is 6.04 Å². The predicted molar refractivity (Wildman–Crippen MR) is 115 cm³/mol. The van der Waals surface area contributed by atoms with Gasteiger partial charge in [0, 0.05) is 26.1 Å². The molecule has 164 valence electrons. The molecular weight excluding hydrogens is 380 g/mol. The van der Waals surface area contributed by atoms with Gasteiger partial charge in [-0.25, -0.2) is 4.79 Å². The number of hydrogen-bond donors (Lipinski definition) is 1. The molecule has 0 spiro atoms. The fourth-order valence-corrected chi connectivity index (χ4v) is 3.71. The fourth-order valence-electron chi connectivity index (χ4n) is 3.71. The summed E-state index contributed by atoms with van der Waals surface area (Å²) in [4.78, 5) is 18.9. The summed E-state index contributed by atoms with van der Waals surface area (Å²) < 4.78 is 11.0. The summed E-state index contributed by atoms with van der Waals surface area (Å²) in [6.07, 6.45) is 3.57. The van der Waals surface area contributed by atoms with Crippen molar-refractivity contribution in [3.8, 4) is 0 Å². The first kappa shape index (κ1) is 22.3. The van der Waals surface area contributed by atoms with Gasteiger partial charge in [0.15, 0.2) is 5.82 Å². The zero-order chi connectivity index (χ0) is 21.6. The molecular formula is C23H34N4O3. The number of amides is 1. The second-order valence-corrected chi connectivity index (χ2v) is 8.98. The maximum Gasteiger partial charge on any atom is 0.410 e. The Balaban J connectivity index is 1.65. The third kappa shape index (κ3) is 6.29. The van der Waals surface area contributed by atoms with Crippen LogP contribution >= 0.6 is 0 Å². The molecule has 2 unspecified atom stereocenters. The van der Waals surface area contributed by atoms with E-state index < -0.39 is 5.60 Å². The zero-order valence-corrected chi connectivity index (χ0v) is 18.6. The number of nitrogens with one attached hydrogen (secondary N) is 1. The van der Waals surface area contributed by atoms with E-state index in [0.29, 0.717) is 24.2 Å². The minimum absolute atomic E-state index is 0.141. The molecule has 1 aliphatic rings. The Morgan fingerprint density at radius 1 is 1.33 bits per heavy atom. The van der Waals surface area contributed by atoms with E-state index in [1.165, 1.54) is 0 Å². The van der Waals surface area contributed by atoms with Crippen molar-refractivity contribution in [3.05, 3.63) is 47.6 Å². The van der Waals surface area contributed by atoms with Crippen LogP contribution in [0.25, 0.3) is 0 Å². The summed E-state index contributed by atoms with van der Waals surface area (Å²) in [5, 5.41) is 7.85. The normalized spacial score (nSPS) is 18.3. The van der Waals surface area contributed by atoms with Gasteiger partial charge in [-0.3, -0.25) is 0 Å². The summed E-state index contributed by atoms with van der Waals surface area (Å²) in [6, 6.07) is 10.0. The van der Waals surface area contributed by atoms with Crippen molar-refractivity contribution >= 4 is 6.09 Å². The number of carbonyl (C=O) groups is 1. The quantitative estimate of drug-likeness (QED) is 0.726. The number of piperidine rings is 1. The van der Waals surface area contributed by atoms with Crippen molar-refractivity contribution in [2.75, 3.05) is 19.6 Å². The van der Waals surface area contributed by atoms with E-state index in [0.717, 1.165) is 44.3 Å². The standard InChI is InChI=1S/C23H34N4O3/c1-5-10-19-25-21(26-30-19)20(18-12-7-6-8-13-18)24-15-17-11-9-14-27(16-17)22(28)29-23(2,3)4/h6-8,12-13,17,20,24H,5,9-11,14-16H2,1-4H3. The van der Waals surface area contributed by atoms with Crippen LogP contribution in [0.1, 0.15) is 70.3 Å². The van der Waals surface area contributed by atoms with Crippen molar-refractivity contribution in [3.63, 3.8) is 0 Å². The van der Waals surface area contributed by atoms with Gasteiger partial charge >= 0.3 is 6.09 Å². The highest BCUT2D eigenvalue weighted by Crippen LogP contribution is 2.23. The number of ether oxygens (including phenoxy) is 1. The smallest absolute Gasteiger partial charge is 0.410 e. The summed E-state index contributed by atoms with van der Waals surface area (Å²) in [5.41, 5.74) is 0.622. The van der Waals surface area contributed by atoms with Gasteiger partial charge in [0.25, 0.3) is 0 Å². The zero-order valence-electron chi connectivity index (χ0n) is 18.6. The molecule has 30 heavy (non-hydrogen) atoms. The van der Waals surface area contributed by atoms with E-state index in [4.69, 9.17) is 9.26 Å². The molecule has 7 heteroatoms. The Kier molecular flexibility index (Phi) is 7.48. The SMILES string of the molecule is CCCc1nc(C(NCC2CCCN(C(=O)OC(C)(C)C)C2)c2ccccc2)no1. The number of carbonyl (C=O) groups excluding carboxylic acids is 1. The molecule has 1 aromatic heterocycles. The number of hydrogen-bond acceptors (Lipinski definition) is 6. The highest BCUT2D eigenvalue weighted by atomic mass is 16.6. The van der Waals surface area contributed by atoms with Gasteiger partial charge in [-0.1, -0.05) is 42.4 Å². The maximum absolute atomic E-state index is 12.5. The van der Waals surface area contributed by atoms with Crippen LogP contribution < -0.4 is 5.32 Å². The van der Waals surface area contributed by atoms with E-state index in [9.17, 15) is 4.79 Å². The lowest BCUT2D eigenvalue weighted by Crippen LogP contribution is -2.45. The molecule has 1 fully saturated rings. The molecule has 7 nitrogen and oxygen atoms in total. The third-order valence-electron chi connectivity index (χ3n) is 5.12. The molecule has 3 rings (SSSR count). The van der Waals surface area contributed by atoms with Crippen molar-refractivity contribution < 1.29 is 14.1 Å². The molecule has 1 aliphatic heterocycles. The fraction of sp³-hybridized carbons (Fsp3) is 0.609. The van der Waals surface area contributed by atoms with Crippen LogP contribution in [0.15, 0.2) is 34.9 Å². The Bertz CT molecular complexity index is 800. The lowest BCUT2D eigenvalue weighted by atomic mass is 9.97. The van der Waals surface area contributed by atoms with Gasteiger partial charge in [-0.15, -0.1) is 0 Å². The van der Waals surface area contributed by atoms with Gasteiger partial charge in [-0.05, 0) is 51.5 Å². The number of aryl methyl sites for hydroxylation is 1. The summed E-state index contributed by atoms with van der Waals surface area (Å²) in [5.74, 6) is 1.67. The van der Waals surface area contributed by atoms with Crippen LogP contribution in [-0.4, -0.2) is 46.4 Å². The number of likely N-dealkylation sites (tertiary alicyclic amines) is 1. The molecule has 0 radical (unpaired) electrons. The lowest BCUT2D eigenvalue weighted by Gasteiger charge is -2.34. The van der Waals surface area contributed by atoms with Gasteiger partial charge in [-0.2, -0.15) is 4.98 Å². The number of nitrogens with zero attached hydrogens (tertiary/aromatic N) is 3. The second-order valence-electron chi connectivity index (χ2n) is 8.98. The minimum atomic E-state index is -0.477. The Morgan fingerprint density at radius 2 is 2.10 bits per heavy atom. The molecule has 1 aromatic carbocycles. The first-order chi connectivity index (χ1) is 14.4. The highest BCUT2D eigenvalue weighted by molar-refractivity contribution is 5.68. The number of benzene rings is 1. The van der Waals surface area contributed by atoms with Crippen LogP contribution in [0.2, 0.25) is 0 Å². The summed E-state index contributed by atoms with van der Waals surface area (Å²) in [7, 11) is 0. The predicted octanol–water partition coefficient (Wildman–Crippen LogP) is 4.35. The molecule has 1 N–H and O–H groups in total. The second kappa shape index (κ2) is 10.1. The van der Waals surface area contributed by atoms with E-state index in [-0.39, 0.29) is 12.1 Å². The largest absolute Gasteiger partial charge is 0.444 e. The van der Waals surface area contributed by atoms with Gasteiger partial charge in [0.2, 0.25) is 5.89 Å². The van der Waals surface area contributed by atoms with E-state index in [1.54, 1.807) is 0 Å². The minimum Gasteiger partial charge on any atom is -0.444 e. The Morgan fingerprint density at radius 3 is 2.80 bits per heavy atom. The average molecular weight is 415 g/mol. The third-order valence-corrected chi connectivity index (χ3v) is 5.12. The number of rotatable bonds is 7. The first-order valence-electron chi connectivity index (χ1n) is 10.9. The average Bonchev–Trinajstić information content (AvgIpc) is 3.16. The van der Waals surface area contributed by atoms with Crippen LogP contribution in [0, 0.1) is 5.92 Å². The van der Waals surface area contributed by atoms with Crippen molar-refractivity contribution in [1.29, 1.82) is 0 Å². The molecule has 2 heterocycles. The molecule has 1 saturated heterocycles. The molecule has 0 bridgehead atoms. The lowest BCUT2D eigenvalue weighted by molar-refractivity contribution is 0.0165. The summed E-state index contributed by atoms with van der Waals surface area (Å²) in [6.45, 7) is 9.99. The van der Waals surface area contributed by atoms with Crippen LogP contribution in [-0.2, 0) is 11.2 Å². The van der Waals surface area contributed by atoms with Crippen molar-refractivity contribution in [2.45, 2.75) is 65.0 Å². The molecule has 0 saturated carbocycles. The molecule has 2 aromatic rings. The monoisotopic (exact) mass is 414 g/mol. The molecule has 0 aliphatic carbocycles. The Labute approximate surface area is 179 Å². The molecule has 2 atom stereocenters. The van der Waals surface area contributed by atoms with E-state index in [1.807, 2.05) is 43.9 Å². The maximum atomic E-state index is 12.5. The highest BCUT2D eigenvalue weighted by Gasteiger charge is 2.29. The Hall–Kier alpha value is -2.41.